The fourth-order valence-corrected chi connectivity index (χ4v) is 2.17. The number of aryl methyl sites for hydroxylation is 1. The van der Waals surface area contributed by atoms with Gasteiger partial charge in [0, 0.05) is 5.56 Å². The zero-order chi connectivity index (χ0) is 15.2. The molecule has 4 nitrogen and oxygen atoms in total. The molecule has 0 spiro atoms. The van der Waals surface area contributed by atoms with Gasteiger partial charge < -0.3 is 9.15 Å². The minimum absolute atomic E-state index is 0.0124. The highest BCUT2D eigenvalue weighted by Gasteiger charge is 2.20. The molecule has 0 atom stereocenters. The van der Waals surface area contributed by atoms with Crippen LogP contribution in [0.3, 0.4) is 0 Å². The van der Waals surface area contributed by atoms with Gasteiger partial charge in [-0.05, 0) is 25.0 Å². The number of rotatable bonds is 5. The van der Waals surface area contributed by atoms with E-state index in [9.17, 15) is 9.59 Å². The van der Waals surface area contributed by atoms with E-state index in [1.165, 1.54) is 0 Å². The van der Waals surface area contributed by atoms with Gasteiger partial charge in [0.15, 0.2) is 0 Å². The number of carbonyl (C=O) groups is 1. The van der Waals surface area contributed by atoms with Gasteiger partial charge in [-0.15, -0.1) is 0 Å². The maximum Gasteiger partial charge on any atom is 0.351 e. The monoisotopic (exact) mass is 286 g/mol. The van der Waals surface area contributed by atoms with Gasteiger partial charge in [0.25, 0.3) is 0 Å². The molecule has 2 aromatic rings. The summed E-state index contributed by atoms with van der Waals surface area (Å²) in [4.78, 5) is 24.1. The van der Waals surface area contributed by atoms with Crippen LogP contribution in [-0.2, 0) is 11.2 Å². The highest BCUT2D eigenvalue weighted by Crippen LogP contribution is 2.21. The second-order valence-corrected chi connectivity index (χ2v) is 4.63. The van der Waals surface area contributed by atoms with Crippen LogP contribution in [-0.4, -0.2) is 12.6 Å². The SMILES string of the molecule is CCCc1cc(-c2ccccc2)oc(=O)c1C(=O)OCC. The van der Waals surface area contributed by atoms with Crippen molar-refractivity contribution < 1.29 is 13.9 Å². The molecule has 0 unspecified atom stereocenters. The van der Waals surface area contributed by atoms with Crippen molar-refractivity contribution in [3.8, 4) is 11.3 Å². The van der Waals surface area contributed by atoms with Crippen molar-refractivity contribution in [1.82, 2.24) is 0 Å². The van der Waals surface area contributed by atoms with Crippen LogP contribution in [0.5, 0.6) is 0 Å². The molecule has 0 N–H and O–H groups in total. The summed E-state index contributed by atoms with van der Waals surface area (Å²) >= 11 is 0. The van der Waals surface area contributed by atoms with Crippen molar-refractivity contribution in [3.05, 3.63) is 57.9 Å². The van der Waals surface area contributed by atoms with Gasteiger partial charge in [-0.3, -0.25) is 0 Å². The van der Waals surface area contributed by atoms with E-state index >= 15 is 0 Å². The van der Waals surface area contributed by atoms with E-state index in [4.69, 9.17) is 9.15 Å². The number of carbonyl (C=O) groups excluding carboxylic acids is 1. The molecule has 21 heavy (non-hydrogen) atoms. The van der Waals surface area contributed by atoms with Crippen LogP contribution in [0, 0.1) is 0 Å². The number of ether oxygens (including phenoxy) is 1. The van der Waals surface area contributed by atoms with Crippen molar-refractivity contribution in [2.24, 2.45) is 0 Å². The molecule has 4 heteroatoms. The quantitative estimate of drug-likeness (QED) is 0.790. The normalized spacial score (nSPS) is 10.4. The van der Waals surface area contributed by atoms with Gasteiger partial charge in [0.2, 0.25) is 0 Å². The Hall–Kier alpha value is -2.36. The summed E-state index contributed by atoms with van der Waals surface area (Å²) in [6.07, 6.45) is 1.45. The maximum absolute atomic E-state index is 12.2. The zero-order valence-electron chi connectivity index (χ0n) is 12.2. The molecule has 1 aromatic carbocycles. The smallest absolute Gasteiger partial charge is 0.351 e. The fraction of sp³-hybridized carbons (Fsp3) is 0.294. The van der Waals surface area contributed by atoms with Gasteiger partial charge in [-0.25, -0.2) is 9.59 Å². The highest BCUT2D eigenvalue weighted by molar-refractivity contribution is 5.90. The predicted octanol–water partition coefficient (Wildman–Crippen LogP) is 3.44. The maximum atomic E-state index is 12.2. The Morgan fingerprint density at radius 2 is 1.90 bits per heavy atom. The first-order chi connectivity index (χ1) is 10.2. The predicted molar refractivity (Wildman–Crippen MR) is 80.4 cm³/mol. The standard InChI is InChI=1S/C17H18O4/c1-3-8-13-11-14(12-9-6-5-7-10-12)21-17(19)15(13)16(18)20-4-2/h5-7,9-11H,3-4,8H2,1-2H3. The minimum atomic E-state index is -0.641. The van der Waals surface area contributed by atoms with Gasteiger partial charge >= 0.3 is 11.6 Å². The lowest BCUT2D eigenvalue weighted by molar-refractivity contribution is 0.0520. The van der Waals surface area contributed by atoms with E-state index in [1.807, 2.05) is 37.3 Å². The Kier molecular flexibility index (Phi) is 4.93. The van der Waals surface area contributed by atoms with Crippen LogP contribution in [0.25, 0.3) is 11.3 Å². The van der Waals surface area contributed by atoms with Crippen molar-refractivity contribution >= 4 is 5.97 Å². The first-order valence-electron chi connectivity index (χ1n) is 7.07. The van der Waals surface area contributed by atoms with E-state index in [0.29, 0.717) is 17.7 Å². The Balaban J connectivity index is 2.54. The molecule has 1 heterocycles. The van der Waals surface area contributed by atoms with Crippen LogP contribution in [0.1, 0.15) is 36.2 Å². The number of benzene rings is 1. The topological polar surface area (TPSA) is 56.5 Å². The van der Waals surface area contributed by atoms with E-state index in [2.05, 4.69) is 0 Å². The van der Waals surface area contributed by atoms with E-state index in [1.54, 1.807) is 13.0 Å². The fourth-order valence-electron chi connectivity index (χ4n) is 2.17. The molecule has 0 aliphatic carbocycles. The number of hydrogen-bond acceptors (Lipinski definition) is 4. The lowest BCUT2D eigenvalue weighted by Gasteiger charge is -2.09. The molecule has 0 aliphatic rings. The van der Waals surface area contributed by atoms with Crippen molar-refractivity contribution in [3.63, 3.8) is 0 Å². The molecule has 0 amide bonds. The molecule has 0 saturated carbocycles. The first kappa shape index (κ1) is 15.0. The van der Waals surface area contributed by atoms with E-state index in [-0.39, 0.29) is 12.2 Å². The summed E-state index contributed by atoms with van der Waals surface area (Å²) in [5.74, 6) is -0.147. The lowest BCUT2D eigenvalue weighted by Crippen LogP contribution is -2.20. The third-order valence-corrected chi connectivity index (χ3v) is 3.09. The average molecular weight is 286 g/mol. The van der Waals surface area contributed by atoms with E-state index in [0.717, 1.165) is 12.0 Å². The average Bonchev–Trinajstić information content (AvgIpc) is 2.48. The van der Waals surface area contributed by atoms with Crippen LogP contribution in [0.4, 0.5) is 0 Å². The molecule has 0 saturated heterocycles. The molecule has 0 bridgehead atoms. The zero-order valence-corrected chi connectivity index (χ0v) is 12.2. The third kappa shape index (κ3) is 3.40. The highest BCUT2D eigenvalue weighted by atomic mass is 16.5. The van der Waals surface area contributed by atoms with Gasteiger partial charge in [-0.1, -0.05) is 43.7 Å². The molecule has 1 aromatic heterocycles. The lowest BCUT2D eigenvalue weighted by atomic mass is 10.0. The van der Waals surface area contributed by atoms with Gasteiger partial charge in [-0.2, -0.15) is 0 Å². The molecule has 0 radical (unpaired) electrons. The summed E-state index contributed by atoms with van der Waals surface area (Å²) in [5, 5.41) is 0. The molecular weight excluding hydrogens is 268 g/mol. The van der Waals surface area contributed by atoms with Gasteiger partial charge in [0.05, 0.1) is 6.61 Å². The number of hydrogen-bond donors (Lipinski definition) is 0. The molecule has 0 aliphatic heterocycles. The summed E-state index contributed by atoms with van der Waals surface area (Å²) in [5.41, 5.74) is 0.852. The minimum Gasteiger partial charge on any atom is -0.462 e. The van der Waals surface area contributed by atoms with E-state index < -0.39 is 11.6 Å². The largest absolute Gasteiger partial charge is 0.462 e. The van der Waals surface area contributed by atoms with Crippen molar-refractivity contribution in [2.45, 2.75) is 26.7 Å². The van der Waals surface area contributed by atoms with Crippen LogP contribution in [0.2, 0.25) is 0 Å². The Morgan fingerprint density at radius 3 is 2.52 bits per heavy atom. The summed E-state index contributed by atoms with van der Waals surface area (Å²) < 4.78 is 10.2. The molecule has 0 fully saturated rings. The van der Waals surface area contributed by atoms with Crippen LogP contribution in [0.15, 0.2) is 45.6 Å². The Morgan fingerprint density at radius 1 is 1.19 bits per heavy atom. The van der Waals surface area contributed by atoms with Crippen LogP contribution < -0.4 is 5.63 Å². The Labute approximate surface area is 123 Å². The number of esters is 1. The molecular formula is C17H18O4. The van der Waals surface area contributed by atoms with Crippen LogP contribution >= 0.6 is 0 Å². The third-order valence-electron chi connectivity index (χ3n) is 3.09. The van der Waals surface area contributed by atoms with Crippen molar-refractivity contribution in [1.29, 1.82) is 0 Å². The Bertz CT molecular complexity index is 671. The molecule has 110 valence electrons. The second kappa shape index (κ2) is 6.88. The van der Waals surface area contributed by atoms with Gasteiger partial charge in [0.1, 0.15) is 11.3 Å². The summed E-state index contributed by atoms with van der Waals surface area (Å²) in [6, 6.07) is 11.1. The second-order valence-electron chi connectivity index (χ2n) is 4.63. The summed E-state index contributed by atoms with van der Waals surface area (Å²) in [7, 11) is 0. The first-order valence-corrected chi connectivity index (χ1v) is 7.07. The molecule has 2 rings (SSSR count). The van der Waals surface area contributed by atoms with Crippen molar-refractivity contribution in [2.75, 3.05) is 6.61 Å². The summed E-state index contributed by atoms with van der Waals surface area (Å²) in [6.45, 7) is 3.92.